The van der Waals surface area contributed by atoms with Crippen LogP contribution in [0.5, 0.6) is 5.75 Å². The molecular weight excluding hydrogens is 251 g/mol. The van der Waals surface area contributed by atoms with Crippen LogP contribution in [0, 0.1) is 5.82 Å². The standard InChI is InChI=1S/C13H15FN2OS/c1-16-6-5-15-13(16)9-18-8-10-7-11(14)3-4-12(10)17-2/h3-7H,8-9H2,1-2H3. The molecule has 0 bridgehead atoms. The second-order valence-corrected chi connectivity index (χ2v) is 4.89. The maximum atomic E-state index is 13.2. The SMILES string of the molecule is COc1ccc(F)cc1CSCc1nccn1C. The number of methoxy groups -OCH3 is 1. The van der Waals surface area contributed by atoms with Gasteiger partial charge in [0.05, 0.1) is 12.9 Å². The van der Waals surface area contributed by atoms with Gasteiger partial charge in [0.1, 0.15) is 17.4 Å². The van der Waals surface area contributed by atoms with Gasteiger partial charge in [-0.1, -0.05) is 0 Å². The Kier molecular flexibility index (Phi) is 4.25. The first-order valence-electron chi connectivity index (χ1n) is 5.57. The summed E-state index contributed by atoms with van der Waals surface area (Å²) in [5.41, 5.74) is 0.872. The highest BCUT2D eigenvalue weighted by Gasteiger charge is 2.06. The van der Waals surface area contributed by atoms with Gasteiger partial charge in [-0.05, 0) is 18.2 Å². The average molecular weight is 266 g/mol. The molecule has 0 N–H and O–H groups in total. The summed E-state index contributed by atoms with van der Waals surface area (Å²) >= 11 is 1.69. The number of hydrogen-bond acceptors (Lipinski definition) is 3. The third-order valence-corrected chi connectivity index (χ3v) is 3.63. The Morgan fingerprint density at radius 2 is 2.22 bits per heavy atom. The quantitative estimate of drug-likeness (QED) is 0.832. The van der Waals surface area contributed by atoms with Gasteiger partial charge >= 0.3 is 0 Å². The van der Waals surface area contributed by atoms with Gasteiger partial charge in [-0.2, -0.15) is 0 Å². The molecule has 2 rings (SSSR count). The number of imidazole rings is 1. The molecule has 0 amide bonds. The van der Waals surface area contributed by atoms with Gasteiger partial charge in [-0.3, -0.25) is 0 Å². The third kappa shape index (κ3) is 3.04. The summed E-state index contributed by atoms with van der Waals surface area (Å²) in [6.07, 6.45) is 3.69. The normalized spacial score (nSPS) is 10.6. The van der Waals surface area contributed by atoms with Crippen LogP contribution in [-0.2, 0) is 18.6 Å². The Balaban J connectivity index is 1.98. The lowest BCUT2D eigenvalue weighted by Crippen LogP contribution is -1.96. The number of nitrogens with zero attached hydrogens (tertiary/aromatic N) is 2. The van der Waals surface area contributed by atoms with E-state index in [0.29, 0.717) is 5.75 Å². The molecular formula is C13H15FN2OS. The van der Waals surface area contributed by atoms with Crippen LogP contribution in [0.1, 0.15) is 11.4 Å². The van der Waals surface area contributed by atoms with Gasteiger partial charge in [0.15, 0.2) is 0 Å². The van der Waals surface area contributed by atoms with Gasteiger partial charge in [0.2, 0.25) is 0 Å². The minimum absolute atomic E-state index is 0.233. The van der Waals surface area contributed by atoms with Crippen LogP contribution in [0.15, 0.2) is 30.6 Å². The minimum atomic E-state index is -0.233. The molecule has 0 aliphatic carbocycles. The number of aryl methyl sites for hydroxylation is 1. The van der Waals surface area contributed by atoms with Crippen LogP contribution in [0.2, 0.25) is 0 Å². The summed E-state index contributed by atoms with van der Waals surface area (Å²) in [5.74, 6) is 3.00. The van der Waals surface area contributed by atoms with Crippen molar-refractivity contribution >= 4 is 11.8 Å². The van der Waals surface area contributed by atoms with E-state index in [2.05, 4.69) is 4.98 Å². The maximum absolute atomic E-state index is 13.2. The number of aromatic nitrogens is 2. The summed E-state index contributed by atoms with van der Waals surface area (Å²) in [5, 5.41) is 0. The number of thioether (sulfide) groups is 1. The summed E-state index contributed by atoms with van der Waals surface area (Å²) in [6, 6.07) is 4.59. The zero-order valence-corrected chi connectivity index (χ0v) is 11.2. The molecule has 0 saturated heterocycles. The smallest absolute Gasteiger partial charge is 0.123 e. The highest BCUT2D eigenvalue weighted by Crippen LogP contribution is 2.25. The Bertz CT molecular complexity index is 527. The van der Waals surface area contributed by atoms with Crippen molar-refractivity contribution in [3.63, 3.8) is 0 Å². The fraction of sp³-hybridized carbons (Fsp3) is 0.308. The van der Waals surface area contributed by atoms with Gasteiger partial charge < -0.3 is 9.30 Å². The summed E-state index contributed by atoms with van der Waals surface area (Å²) < 4.78 is 20.4. The van der Waals surface area contributed by atoms with E-state index in [9.17, 15) is 4.39 Å². The Morgan fingerprint density at radius 1 is 1.39 bits per heavy atom. The monoisotopic (exact) mass is 266 g/mol. The molecule has 3 nitrogen and oxygen atoms in total. The van der Waals surface area contributed by atoms with Crippen LogP contribution in [0.3, 0.4) is 0 Å². The summed E-state index contributed by atoms with van der Waals surface area (Å²) in [7, 11) is 3.56. The topological polar surface area (TPSA) is 27.1 Å². The molecule has 0 saturated carbocycles. The van der Waals surface area contributed by atoms with Crippen molar-refractivity contribution in [2.24, 2.45) is 7.05 Å². The molecule has 0 aliphatic heterocycles. The van der Waals surface area contributed by atoms with Gasteiger partial charge in [0.25, 0.3) is 0 Å². The van der Waals surface area contributed by atoms with Crippen molar-refractivity contribution < 1.29 is 9.13 Å². The van der Waals surface area contributed by atoms with Crippen LogP contribution >= 0.6 is 11.8 Å². The van der Waals surface area contributed by atoms with E-state index in [1.54, 1.807) is 31.1 Å². The second kappa shape index (κ2) is 5.91. The molecule has 0 atom stereocenters. The Morgan fingerprint density at radius 3 is 2.89 bits per heavy atom. The first kappa shape index (κ1) is 13.0. The van der Waals surface area contributed by atoms with Crippen molar-refractivity contribution in [3.8, 4) is 5.75 Å². The van der Waals surface area contributed by atoms with E-state index < -0.39 is 0 Å². The number of hydrogen-bond donors (Lipinski definition) is 0. The van der Waals surface area contributed by atoms with Crippen LogP contribution in [0.25, 0.3) is 0 Å². The molecule has 0 unspecified atom stereocenters. The molecule has 96 valence electrons. The van der Waals surface area contributed by atoms with Crippen molar-refractivity contribution in [1.82, 2.24) is 9.55 Å². The third-order valence-electron chi connectivity index (χ3n) is 2.65. The number of halogens is 1. The minimum Gasteiger partial charge on any atom is -0.496 e. The zero-order chi connectivity index (χ0) is 13.0. The van der Waals surface area contributed by atoms with Gasteiger partial charge in [-0.15, -0.1) is 11.8 Å². The molecule has 1 aromatic heterocycles. The predicted molar refractivity (Wildman–Crippen MR) is 71.2 cm³/mol. The lowest BCUT2D eigenvalue weighted by molar-refractivity contribution is 0.410. The number of ether oxygens (including phenoxy) is 1. The lowest BCUT2D eigenvalue weighted by atomic mass is 10.2. The molecule has 1 aromatic carbocycles. The van der Waals surface area contributed by atoms with E-state index in [1.165, 1.54) is 12.1 Å². The summed E-state index contributed by atoms with van der Waals surface area (Å²) in [6.45, 7) is 0. The number of benzene rings is 1. The summed E-state index contributed by atoms with van der Waals surface area (Å²) in [4.78, 5) is 4.24. The molecule has 0 radical (unpaired) electrons. The van der Waals surface area contributed by atoms with Crippen molar-refractivity contribution in [2.45, 2.75) is 11.5 Å². The first-order valence-corrected chi connectivity index (χ1v) is 6.72. The Hall–Kier alpha value is -1.49. The van der Waals surface area contributed by atoms with Gasteiger partial charge in [0, 0.05) is 30.8 Å². The molecule has 0 fully saturated rings. The van der Waals surface area contributed by atoms with Crippen LogP contribution < -0.4 is 4.74 Å². The largest absolute Gasteiger partial charge is 0.496 e. The molecule has 0 aliphatic rings. The highest BCUT2D eigenvalue weighted by molar-refractivity contribution is 7.97. The van der Waals surface area contributed by atoms with Crippen molar-refractivity contribution in [2.75, 3.05) is 7.11 Å². The van der Waals surface area contributed by atoms with E-state index in [-0.39, 0.29) is 5.82 Å². The van der Waals surface area contributed by atoms with E-state index >= 15 is 0 Å². The zero-order valence-electron chi connectivity index (χ0n) is 10.4. The van der Waals surface area contributed by atoms with E-state index in [1.807, 2.05) is 17.8 Å². The van der Waals surface area contributed by atoms with Crippen LogP contribution in [0.4, 0.5) is 4.39 Å². The predicted octanol–water partition coefficient (Wildman–Crippen LogP) is 3.00. The average Bonchev–Trinajstić information content (AvgIpc) is 2.76. The fourth-order valence-electron chi connectivity index (χ4n) is 1.65. The lowest BCUT2D eigenvalue weighted by Gasteiger charge is -2.08. The van der Waals surface area contributed by atoms with Crippen molar-refractivity contribution in [3.05, 3.63) is 47.8 Å². The van der Waals surface area contributed by atoms with Crippen LogP contribution in [-0.4, -0.2) is 16.7 Å². The molecule has 2 aromatic rings. The molecule has 18 heavy (non-hydrogen) atoms. The molecule has 0 spiro atoms. The second-order valence-electron chi connectivity index (χ2n) is 3.90. The van der Waals surface area contributed by atoms with E-state index in [0.717, 1.165) is 22.9 Å². The maximum Gasteiger partial charge on any atom is 0.123 e. The highest BCUT2D eigenvalue weighted by atomic mass is 32.2. The van der Waals surface area contributed by atoms with Crippen molar-refractivity contribution in [1.29, 1.82) is 0 Å². The van der Waals surface area contributed by atoms with E-state index in [4.69, 9.17) is 4.74 Å². The number of rotatable bonds is 5. The fourth-order valence-corrected chi connectivity index (χ4v) is 2.66. The molecule has 1 heterocycles. The molecule has 5 heteroatoms. The first-order chi connectivity index (χ1) is 8.70. The van der Waals surface area contributed by atoms with Gasteiger partial charge in [-0.25, -0.2) is 9.37 Å². The Labute approximate surface area is 110 Å².